The normalized spacial score (nSPS) is 10.2. The summed E-state index contributed by atoms with van der Waals surface area (Å²) in [6.07, 6.45) is 0.805. The third-order valence-corrected chi connectivity index (χ3v) is 3.49. The van der Waals surface area contributed by atoms with E-state index in [0.29, 0.717) is 17.9 Å². The lowest BCUT2D eigenvalue weighted by molar-refractivity contribution is -0.120. The Labute approximate surface area is 135 Å². The smallest absolute Gasteiger partial charge is 0.224 e. The van der Waals surface area contributed by atoms with E-state index in [1.165, 1.54) is 25.3 Å². The lowest BCUT2D eigenvalue weighted by atomic mass is 10.1. The average molecular weight is 317 g/mol. The summed E-state index contributed by atoms with van der Waals surface area (Å²) in [5, 5.41) is 2.83. The zero-order valence-electron chi connectivity index (χ0n) is 13.3. The second-order valence-corrected chi connectivity index (χ2v) is 5.08. The number of carbonyl (C=O) groups excluding carboxylic acids is 1. The largest absolute Gasteiger partial charge is 0.497 e. The first-order chi connectivity index (χ1) is 11.1. The highest BCUT2D eigenvalue weighted by molar-refractivity contribution is 5.79. The first-order valence-electron chi connectivity index (χ1n) is 7.34. The summed E-state index contributed by atoms with van der Waals surface area (Å²) in [7, 11) is 3.12. The molecule has 4 nitrogen and oxygen atoms in total. The van der Waals surface area contributed by atoms with E-state index in [9.17, 15) is 9.18 Å². The third kappa shape index (κ3) is 4.98. The molecule has 0 fully saturated rings. The van der Waals surface area contributed by atoms with Gasteiger partial charge in [-0.05, 0) is 42.3 Å². The Balaban J connectivity index is 1.84. The van der Waals surface area contributed by atoms with E-state index in [4.69, 9.17) is 9.47 Å². The summed E-state index contributed by atoms with van der Waals surface area (Å²) in [4.78, 5) is 12.0. The Bertz CT molecular complexity index is 656. The number of methoxy groups -OCH3 is 2. The molecule has 122 valence electrons. The number of carbonyl (C=O) groups is 1. The number of hydrogen-bond donors (Lipinski definition) is 1. The van der Waals surface area contributed by atoms with E-state index < -0.39 is 0 Å². The number of hydrogen-bond acceptors (Lipinski definition) is 3. The van der Waals surface area contributed by atoms with Gasteiger partial charge in [-0.3, -0.25) is 4.79 Å². The standard InChI is InChI=1S/C18H20FNO3/c1-22-16-6-3-13(4-7-16)9-10-20-18(21)12-14-11-15(19)5-8-17(14)23-2/h3-8,11H,9-10,12H2,1-2H3,(H,20,21). The molecule has 0 atom stereocenters. The van der Waals surface area contributed by atoms with E-state index in [1.807, 2.05) is 24.3 Å². The van der Waals surface area contributed by atoms with Gasteiger partial charge in [0.15, 0.2) is 0 Å². The number of ether oxygens (including phenoxy) is 2. The molecule has 2 rings (SSSR count). The molecule has 0 bridgehead atoms. The minimum Gasteiger partial charge on any atom is -0.497 e. The van der Waals surface area contributed by atoms with Crippen LogP contribution in [-0.2, 0) is 17.6 Å². The van der Waals surface area contributed by atoms with Crippen LogP contribution in [0.4, 0.5) is 4.39 Å². The molecule has 0 aliphatic rings. The third-order valence-electron chi connectivity index (χ3n) is 3.49. The van der Waals surface area contributed by atoms with Crippen molar-refractivity contribution in [2.45, 2.75) is 12.8 Å². The van der Waals surface area contributed by atoms with Gasteiger partial charge in [0.05, 0.1) is 20.6 Å². The van der Waals surface area contributed by atoms with E-state index in [1.54, 1.807) is 7.11 Å². The molecular formula is C18H20FNO3. The van der Waals surface area contributed by atoms with Gasteiger partial charge in [0, 0.05) is 12.1 Å². The van der Waals surface area contributed by atoms with Crippen LogP contribution in [-0.4, -0.2) is 26.7 Å². The number of nitrogens with one attached hydrogen (secondary N) is 1. The molecule has 0 heterocycles. The van der Waals surface area contributed by atoms with Gasteiger partial charge >= 0.3 is 0 Å². The number of benzene rings is 2. The minimum atomic E-state index is -0.383. The molecule has 0 saturated carbocycles. The maximum atomic E-state index is 13.3. The van der Waals surface area contributed by atoms with Gasteiger partial charge in [-0.2, -0.15) is 0 Å². The predicted molar refractivity (Wildman–Crippen MR) is 86.4 cm³/mol. The van der Waals surface area contributed by atoms with Crippen molar-refractivity contribution in [2.75, 3.05) is 20.8 Å². The topological polar surface area (TPSA) is 47.6 Å². The van der Waals surface area contributed by atoms with Crippen LogP contribution in [0, 0.1) is 5.82 Å². The van der Waals surface area contributed by atoms with Crippen molar-refractivity contribution in [1.29, 1.82) is 0 Å². The fraction of sp³-hybridized carbons (Fsp3) is 0.278. The monoisotopic (exact) mass is 317 g/mol. The van der Waals surface area contributed by atoms with Crippen LogP contribution in [0.5, 0.6) is 11.5 Å². The first-order valence-corrected chi connectivity index (χ1v) is 7.34. The van der Waals surface area contributed by atoms with Crippen LogP contribution in [0.2, 0.25) is 0 Å². The summed E-state index contributed by atoms with van der Waals surface area (Å²) < 4.78 is 23.5. The maximum absolute atomic E-state index is 13.3. The van der Waals surface area contributed by atoms with Gasteiger partial charge < -0.3 is 14.8 Å². The summed E-state index contributed by atoms with van der Waals surface area (Å²) >= 11 is 0. The molecule has 0 saturated heterocycles. The van der Waals surface area contributed by atoms with Gasteiger partial charge in [-0.25, -0.2) is 4.39 Å². The van der Waals surface area contributed by atoms with Gasteiger partial charge in [0.1, 0.15) is 17.3 Å². The Morgan fingerprint density at radius 1 is 1.09 bits per heavy atom. The second kappa shape index (κ2) is 8.17. The summed E-state index contributed by atoms with van der Waals surface area (Å²) in [6.45, 7) is 0.517. The SMILES string of the molecule is COc1ccc(CCNC(=O)Cc2cc(F)ccc2OC)cc1. The first kappa shape index (κ1) is 16.8. The molecule has 1 amide bonds. The van der Waals surface area contributed by atoms with Crippen molar-refractivity contribution in [3.63, 3.8) is 0 Å². The van der Waals surface area contributed by atoms with E-state index >= 15 is 0 Å². The zero-order valence-corrected chi connectivity index (χ0v) is 13.3. The van der Waals surface area contributed by atoms with Gasteiger partial charge in [0.25, 0.3) is 0 Å². The van der Waals surface area contributed by atoms with Crippen LogP contribution >= 0.6 is 0 Å². The van der Waals surface area contributed by atoms with Crippen molar-refractivity contribution in [3.8, 4) is 11.5 Å². The lowest BCUT2D eigenvalue weighted by Gasteiger charge is -2.09. The molecule has 5 heteroatoms. The highest BCUT2D eigenvalue weighted by Crippen LogP contribution is 2.19. The molecule has 0 aromatic heterocycles. The minimum absolute atomic E-state index is 0.0869. The van der Waals surface area contributed by atoms with E-state index in [-0.39, 0.29) is 18.1 Å². The van der Waals surface area contributed by atoms with Gasteiger partial charge in [-0.15, -0.1) is 0 Å². The fourth-order valence-corrected chi connectivity index (χ4v) is 2.26. The summed E-state index contributed by atoms with van der Waals surface area (Å²) in [5.74, 6) is 0.766. The zero-order chi connectivity index (χ0) is 16.7. The molecule has 0 aliphatic heterocycles. The molecule has 1 N–H and O–H groups in total. The van der Waals surface area contributed by atoms with Crippen molar-refractivity contribution < 1.29 is 18.7 Å². The number of rotatable bonds is 7. The molecule has 0 unspecified atom stereocenters. The molecule has 0 radical (unpaired) electrons. The van der Waals surface area contributed by atoms with Crippen LogP contribution in [0.15, 0.2) is 42.5 Å². The summed E-state index contributed by atoms with van der Waals surface area (Å²) in [6, 6.07) is 11.8. The van der Waals surface area contributed by atoms with Crippen LogP contribution in [0.1, 0.15) is 11.1 Å². The van der Waals surface area contributed by atoms with Crippen LogP contribution < -0.4 is 14.8 Å². The number of halogens is 1. The van der Waals surface area contributed by atoms with E-state index in [0.717, 1.165) is 17.7 Å². The van der Waals surface area contributed by atoms with E-state index in [2.05, 4.69) is 5.32 Å². The Kier molecular flexibility index (Phi) is 5.97. The molecular weight excluding hydrogens is 297 g/mol. The lowest BCUT2D eigenvalue weighted by Crippen LogP contribution is -2.27. The summed E-state index contributed by atoms with van der Waals surface area (Å²) in [5.41, 5.74) is 1.64. The Hall–Kier alpha value is -2.56. The highest BCUT2D eigenvalue weighted by atomic mass is 19.1. The van der Waals surface area contributed by atoms with Gasteiger partial charge in [-0.1, -0.05) is 12.1 Å². The van der Waals surface area contributed by atoms with Crippen LogP contribution in [0.25, 0.3) is 0 Å². The molecule has 2 aromatic carbocycles. The van der Waals surface area contributed by atoms with Gasteiger partial charge in [0.2, 0.25) is 5.91 Å². The quantitative estimate of drug-likeness (QED) is 0.854. The molecule has 0 aliphatic carbocycles. The highest BCUT2D eigenvalue weighted by Gasteiger charge is 2.09. The van der Waals surface area contributed by atoms with Crippen molar-refractivity contribution in [1.82, 2.24) is 5.32 Å². The Morgan fingerprint density at radius 2 is 1.83 bits per heavy atom. The molecule has 2 aromatic rings. The van der Waals surface area contributed by atoms with Crippen molar-refractivity contribution in [2.24, 2.45) is 0 Å². The molecule has 0 spiro atoms. The van der Waals surface area contributed by atoms with Crippen molar-refractivity contribution >= 4 is 5.91 Å². The molecule has 23 heavy (non-hydrogen) atoms. The predicted octanol–water partition coefficient (Wildman–Crippen LogP) is 2.74. The van der Waals surface area contributed by atoms with Crippen molar-refractivity contribution in [3.05, 3.63) is 59.4 Å². The Morgan fingerprint density at radius 3 is 2.48 bits per heavy atom. The second-order valence-electron chi connectivity index (χ2n) is 5.08. The number of amides is 1. The van der Waals surface area contributed by atoms with Crippen LogP contribution in [0.3, 0.4) is 0 Å². The fourth-order valence-electron chi connectivity index (χ4n) is 2.26. The average Bonchev–Trinajstić information content (AvgIpc) is 2.56. The maximum Gasteiger partial charge on any atom is 0.224 e.